The van der Waals surface area contributed by atoms with E-state index in [1.165, 1.54) is 16.3 Å². The van der Waals surface area contributed by atoms with Gasteiger partial charge >= 0.3 is 0 Å². The standard InChI is InChI=1S/C17H21N5/c1-12-4-5-15-13(10-12)14-11-21(3)19-16(14)17(18-15)22-8-6-20(2)7-9-22/h4-5,10-11H,6-9H2,1-3H3. The van der Waals surface area contributed by atoms with Crippen molar-refractivity contribution in [2.24, 2.45) is 7.05 Å². The highest BCUT2D eigenvalue weighted by molar-refractivity contribution is 6.08. The summed E-state index contributed by atoms with van der Waals surface area (Å²) in [6.07, 6.45) is 2.11. The lowest BCUT2D eigenvalue weighted by Crippen LogP contribution is -2.44. The number of rotatable bonds is 1. The molecule has 5 nitrogen and oxygen atoms in total. The number of aryl methyl sites for hydroxylation is 2. The molecular weight excluding hydrogens is 274 g/mol. The second kappa shape index (κ2) is 4.95. The summed E-state index contributed by atoms with van der Waals surface area (Å²) >= 11 is 0. The van der Waals surface area contributed by atoms with E-state index in [2.05, 4.69) is 53.3 Å². The minimum Gasteiger partial charge on any atom is -0.352 e. The van der Waals surface area contributed by atoms with Gasteiger partial charge in [0.25, 0.3) is 0 Å². The van der Waals surface area contributed by atoms with Crippen LogP contribution in [0.3, 0.4) is 0 Å². The highest BCUT2D eigenvalue weighted by atomic mass is 15.3. The number of likely N-dealkylation sites (N-methyl/N-ethyl adjacent to an activating group) is 1. The Balaban J connectivity index is 1.94. The summed E-state index contributed by atoms with van der Waals surface area (Å²) in [6.45, 7) is 6.28. The molecule has 3 heterocycles. The van der Waals surface area contributed by atoms with Gasteiger partial charge in [-0.05, 0) is 26.1 Å². The van der Waals surface area contributed by atoms with Gasteiger partial charge in [-0.3, -0.25) is 4.68 Å². The molecule has 0 saturated carbocycles. The number of piperazine rings is 1. The monoisotopic (exact) mass is 295 g/mol. The summed E-state index contributed by atoms with van der Waals surface area (Å²) in [4.78, 5) is 9.67. The normalized spacial score (nSPS) is 16.8. The molecule has 1 aliphatic heterocycles. The maximum absolute atomic E-state index is 4.94. The van der Waals surface area contributed by atoms with E-state index in [-0.39, 0.29) is 0 Å². The van der Waals surface area contributed by atoms with Crippen molar-refractivity contribution in [2.75, 3.05) is 38.1 Å². The molecule has 0 spiro atoms. The van der Waals surface area contributed by atoms with Gasteiger partial charge in [-0.25, -0.2) is 4.98 Å². The molecule has 0 aliphatic carbocycles. The lowest BCUT2D eigenvalue weighted by Gasteiger charge is -2.33. The van der Waals surface area contributed by atoms with Gasteiger partial charge < -0.3 is 9.80 Å². The number of hydrogen-bond donors (Lipinski definition) is 0. The van der Waals surface area contributed by atoms with Crippen LogP contribution in [-0.2, 0) is 7.05 Å². The fraction of sp³-hybridized carbons (Fsp3) is 0.412. The Hall–Kier alpha value is -2.14. The van der Waals surface area contributed by atoms with Crippen LogP contribution < -0.4 is 4.90 Å². The number of aromatic nitrogens is 3. The Morgan fingerprint density at radius 1 is 1.00 bits per heavy atom. The number of hydrogen-bond acceptors (Lipinski definition) is 4. The van der Waals surface area contributed by atoms with Gasteiger partial charge in [-0.15, -0.1) is 0 Å². The van der Waals surface area contributed by atoms with E-state index >= 15 is 0 Å². The number of fused-ring (bicyclic) bond motifs is 3. The first kappa shape index (κ1) is 13.5. The van der Waals surface area contributed by atoms with E-state index in [0.717, 1.165) is 43.0 Å². The van der Waals surface area contributed by atoms with Gasteiger partial charge in [0.2, 0.25) is 0 Å². The molecular formula is C17H21N5. The fourth-order valence-corrected chi connectivity index (χ4v) is 3.22. The lowest BCUT2D eigenvalue weighted by atomic mass is 10.1. The van der Waals surface area contributed by atoms with Crippen molar-refractivity contribution in [2.45, 2.75) is 6.92 Å². The van der Waals surface area contributed by atoms with Crippen molar-refractivity contribution < 1.29 is 0 Å². The molecule has 1 aromatic carbocycles. The highest BCUT2D eigenvalue weighted by Gasteiger charge is 2.20. The van der Waals surface area contributed by atoms with Crippen LogP contribution in [0.15, 0.2) is 24.4 Å². The van der Waals surface area contributed by atoms with Crippen LogP contribution in [0.4, 0.5) is 5.82 Å². The minimum atomic E-state index is 1.01. The highest BCUT2D eigenvalue weighted by Crippen LogP contribution is 2.31. The van der Waals surface area contributed by atoms with E-state index < -0.39 is 0 Å². The first-order valence-corrected chi connectivity index (χ1v) is 7.79. The molecule has 1 saturated heterocycles. The quantitative estimate of drug-likeness (QED) is 0.689. The minimum absolute atomic E-state index is 1.01. The van der Waals surface area contributed by atoms with Crippen LogP contribution >= 0.6 is 0 Å². The largest absolute Gasteiger partial charge is 0.352 e. The Morgan fingerprint density at radius 2 is 1.77 bits per heavy atom. The zero-order valence-electron chi connectivity index (χ0n) is 13.4. The molecule has 2 aromatic heterocycles. The predicted molar refractivity (Wildman–Crippen MR) is 90.5 cm³/mol. The van der Waals surface area contributed by atoms with Crippen molar-refractivity contribution in [1.29, 1.82) is 0 Å². The summed E-state index contributed by atoms with van der Waals surface area (Å²) in [5.74, 6) is 1.03. The van der Waals surface area contributed by atoms with Crippen LogP contribution in [0.2, 0.25) is 0 Å². The SMILES string of the molecule is Cc1ccc2nc(N3CCN(C)CC3)c3nn(C)cc3c2c1. The van der Waals surface area contributed by atoms with Crippen molar-refractivity contribution in [3.63, 3.8) is 0 Å². The third kappa shape index (κ3) is 2.13. The van der Waals surface area contributed by atoms with E-state index in [4.69, 9.17) is 4.98 Å². The molecule has 1 fully saturated rings. The van der Waals surface area contributed by atoms with E-state index in [1.54, 1.807) is 0 Å². The first-order chi connectivity index (χ1) is 10.6. The zero-order chi connectivity index (χ0) is 15.3. The number of pyridine rings is 1. The van der Waals surface area contributed by atoms with Crippen molar-refractivity contribution in [1.82, 2.24) is 19.7 Å². The molecule has 22 heavy (non-hydrogen) atoms. The Morgan fingerprint density at radius 3 is 2.55 bits per heavy atom. The first-order valence-electron chi connectivity index (χ1n) is 7.79. The maximum atomic E-state index is 4.94. The third-order valence-corrected chi connectivity index (χ3v) is 4.51. The molecule has 0 amide bonds. The molecule has 0 unspecified atom stereocenters. The van der Waals surface area contributed by atoms with Gasteiger partial charge in [0.1, 0.15) is 5.52 Å². The van der Waals surface area contributed by atoms with Crippen LogP contribution in [-0.4, -0.2) is 52.9 Å². The molecule has 1 aliphatic rings. The Labute approximate surface area is 130 Å². The summed E-state index contributed by atoms with van der Waals surface area (Å²) in [7, 11) is 4.15. The van der Waals surface area contributed by atoms with Crippen LogP contribution in [0.1, 0.15) is 5.56 Å². The van der Waals surface area contributed by atoms with Crippen LogP contribution in [0, 0.1) is 6.92 Å². The Bertz CT molecular complexity index is 843. The van der Waals surface area contributed by atoms with Crippen LogP contribution in [0.25, 0.3) is 21.8 Å². The predicted octanol–water partition coefficient (Wildman–Crippen LogP) is 2.18. The number of anilines is 1. The van der Waals surface area contributed by atoms with E-state index in [9.17, 15) is 0 Å². The van der Waals surface area contributed by atoms with Gasteiger partial charge in [0, 0.05) is 50.2 Å². The third-order valence-electron chi connectivity index (χ3n) is 4.51. The van der Waals surface area contributed by atoms with Crippen LogP contribution in [0.5, 0.6) is 0 Å². The van der Waals surface area contributed by atoms with Gasteiger partial charge in [-0.1, -0.05) is 11.6 Å². The fourth-order valence-electron chi connectivity index (χ4n) is 3.22. The average Bonchev–Trinajstić information content (AvgIpc) is 2.89. The summed E-state index contributed by atoms with van der Waals surface area (Å²) in [5.41, 5.74) is 3.33. The molecule has 0 N–H and O–H groups in total. The smallest absolute Gasteiger partial charge is 0.157 e. The second-order valence-electron chi connectivity index (χ2n) is 6.31. The number of nitrogens with zero attached hydrogens (tertiary/aromatic N) is 5. The molecule has 3 aromatic rings. The van der Waals surface area contributed by atoms with Crippen molar-refractivity contribution >= 4 is 27.6 Å². The van der Waals surface area contributed by atoms with Crippen molar-refractivity contribution in [3.05, 3.63) is 30.0 Å². The Kier molecular flexibility index (Phi) is 3.04. The zero-order valence-corrected chi connectivity index (χ0v) is 13.4. The summed E-state index contributed by atoms with van der Waals surface area (Å²) in [6, 6.07) is 6.46. The lowest BCUT2D eigenvalue weighted by molar-refractivity contribution is 0.312. The van der Waals surface area contributed by atoms with E-state index in [1.807, 2.05) is 11.7 Å². The summed E-state index contributed by atoms with van der Waals surface area (Å²) < 4.78 is 1.90. The van der Waals surface area contributed by atoms with E-state index in [0.29, 0.717) is 0 Å². The average molecular weight is 295 g/mol. The maximum Gasteiger partial charge on any atom is 0.157 e. The second-order valence-corrected chi connectivity index (χ2v) is 6.31. The van der Waals surface area contributed by atoms with Crippen molar-refractivity contribution in [3.8, 4) is 0 Å². The molecule has 0 bridgehead atoms. The molecule has 5 heteroatoms. The molecule has 0 atom stereocenters. The number of benzene rings is 1. The molecule has 4 rings (SSSR count). The summed E-state index contributed by atoms with van der Waals surface area (Å²) in [5, 5.41) is 7.08. The molecule has 0 radical (unpaired) electrons. The van der Waals surface area contributed by atoms with Gasteiger partial charge in [0.05, 0.1) is 5.52 Å². The molecule has 114 valence electrons. The topological polar surface area (TPSA) is 37.2 Å². The van der Waals surface area contributed by atoms with Gasteiger partial charge in [-0.2, -0.15) is 5.10 Å². The van der Waals surface area contributed by atoms with Gasteiger partial charge in [0.15, 0.2) is 5.82 Å².